The van der Waals surface area contributed by atoms with Crippen LogP contribution in [0.25, 0.3) is 0 Å². The summed E-state index contributed by atoms with van der Waals surface area (Å²) < 4.78 is 12.2. The molecule has 2 heterocycles. The van der Waals surface area contributed by atoms with Gasteiger partial charge in [-0.15, -0.1) is 0 Å². The maximum atomic E-state index is 13.0. The lowest BCUT2D eigenvalue weighted by Crippen LogP contribution is -2.70. The maximum absolute atomic E-state index is 13.0. The molecule has 0 aromatic carbocycles. The Morgan fingerprint density at radius 2 is 1.80 bits per heavy atom. The Kier molecular flexibility index (Phi) is 3.78. The molecule has 5 heteroatoms. The van der Waals surface area contributed by atoms with Crippen molar-refractivity contribution < 1.29 is 24.5 Å². The van der Waals surface area contributed by atoms with Gasteiger partial charge in [-0.2, -0.15) is 0 Å². The van der Waals surface area contributed by atoms with E-state index in [9.17, 15) is 15.0 Å². The van der Waals surface area contributed by atoms with Gasteiger partial charge in [-0.1, -0.05) is 34.1 Å². The molecule has 0 aromatic rings. The van der Waals surface area contributed by atoms with Crippen LogP contribution in [0, 0.1) is 22.7 Å². The fourth-order valence-electron chi connectivity index (χ4n) is 7.02. The van der Waals surface area contributed by atoms with Crippen LogP contribution < -0.4 is 0 Å². The minimum Gasteiger partial charge on any atom is -0.385 e. The maximum Gasteiger partial charge on any atom is 0.167 e. The van der Waals surface area contributed by atoms with E-state index in [0.717, 1.165) is 32.1 Å². The fraction of sp³-hybridized carbons (Fsp3) is 0.950. The van der Waals surface area contributed by atoms with E-state index in [2.05, 4.69) is 20.8 Å². The first-order valence-corrected chi connectivity index (χ1v) is 9.79. The highest BCUT2D eigenvalue weighted by Crippen LogP contribution is 2.67. The fourth-order valence-corrected chi connectivity index (χ4v) is 7.02. The van der Waals surface area contributed by atoms with Crippen LogP contribution in [-0.2, 0) is 14.3 Å². The Balaban J connectivity index is 1.79. The van der Waals surface area contributed by atoms with Crippen molar-refractivity contribution >= 4 is 5.78 Å². The van der Waals surface area contributed by atoms with Gasteiger partial charge in [0.05, 0.1) is 17.8 Å². The van der Waals surface area contributed by atoms with Crippen LogP contribution >= 0.6 is 0 Å². The first kappa shape index (κ1) is 17.9. The molecule has 5 nitrogen and oxygen atoms in total. The SMILES string of the molecule is C[C@@H]1C(=O)[C@@H](O)[C@@H]2C(C)(C)CCC[C@]2(C)[C@@]12CC[C@@]1(CO[C@H](O)C1)O2. The number of hydrogen-bond donors (Lipinski definition) is 2. The molecule has 2 aliphatic heterocycles. The standard InChI is InChI=1S/C20H32O5/c1-12-14(22)15(23)16-17(2,3)6-5-7-18(16,4)20(12)9-8-19(25-20)10-13(21)24-11-19/h12-13,15-16,21,23H,5-11H2,1-4H3/t12-,13+,15-,16-,18+,19-,20-/m1/s1. The molecule has 0 radical (unpaired) electrons. The summed E-state index contributed by atoms with van der Waals surface area (Å²) in [5.74, 6) is -0.511. The van der Waals surface area contributed by atoms with E-state index < -0.39 is 23.6 Å². The monoisotopic (exact) mass is 352 g/mol. The zero-order chi connectivity index (χ0) is 18.3. The second-order valence-corrected chi connectivity index (χ2v) is 9.95. The number of ether oxygens (including phenoxy) is 2. The number of hydrogen-bond acceptors (Lipinski definition) is 5. The van der Waals surface area contributed by atoms with Gasteiger partial charge in [-0.25, -0.2) is 0 Å². The van der Waals surface area contributed by atoms with Crippen LogP contribution in [-0.4, -0.2) is 46.2 Å². The van der Waals surface area contributed by atoms with Gasteiger partial charge in [0.15, 0.2) is 12.1 Å². The lowest BCUT2D eigenvalue weighted by Gasteiger charge is -2.64. The van der Waals surface area contributed by atoms with E-state index in [1.807, 2.05) is 6.92 Å². The van der Waals surface area contributed by atoms with E-state index >= 15 is 0 Å². The summed E-state index contributed by atoms with van der Waals surface area (Å²) in [5, 5.41) is 20.8. The third-order valence-electron chi connectivity index (χ3n) is 8.18. The average molecular weight is 352 g/mol. The highest BCUT2D eigenvalue weighted by atomic mass is 16.6. The molecule has 0 bridgehead atoms. The first-order valence-electron chi connectivity index (χ1n) is 9.79. The molecule has 0 unspecified atom stereocenters. The summed E-state index contributed by atoms with van der Waals surface area (Å²) in [6.07, 6.45) is 3.47. The summed E-state index contributed by atoms with van der Waals surface area (Å²) in [5.41, 5.74) is -1.40. The minimum atomic E-state index is -0.911. The molecule has 2 spiro atoms. The number of aliphatic hydroxyl groups excluding tert-OH is 2. The number of aliphatic hydroxyl groups is 2. The van der Waals surface area contributed by atoms with E-state index in [1.54, 1.807) is 0 Å². The number of carbonyl (C=O) groups excluding carboxylic acids is 1. The Hall–Kier alpha value is -0.490. The van der Waals surface area contributed by atoms with Gasteiger partial charge >= 0.3 is 0 Å². The number of ketones is 1. The van der Waals surface area contributed by atoms with Gasteiger partial charge in [0.25, 0.3) is 0 Å². The Morgan fingerprint density at radius 3 is 2.44 bits per heavy atom. The highest BCUT2D eigenvalue weighted by Gasteiger charge is 2.72. The van der Waals surface area contributed by atoms with Crippen molar-refractivity contribution in [1.29, 1.82) is 0 Å². The van der Waals surface area contributed by atoms with Gasteiger partial charge in [0, 0.05) is 23.7 Å². The van der Waals surface area contributed by atoms with Crippen LogP contribution in [0.4, 0.5) is 0 Å². The van der Waals surface area contributed by atoms with Crippen LogP contribution in [0.3, 0.4) is 0 Å². The summed E-state index contributed by atoms with van der Waals surface area (Å²) in [4.78, 5) is 13.0. The molecule has 2 aliphatic carbocycles. The van der Waals surface area contributed by atoms with Gasteiger partial charge in [0.1, 0.15) is 6.10 Å². The van der Waals surface area contributed by atoms with Crippen molar-refractivity contribution in [2.45, 2.75) is 89.8 Å². The second-order valence-electron chi connectivity index (χ2n) is 9.95. The summed E-state index contributed by atoms with van der Waals surface area (Å²) in [6, 6.07) is 0. The molecular weight excluding hydrogens is 320 g/mol. The molecule has 4 fully saturated rings. The van der Waals surface area contributed by atoms with Gasteiger partial charge in [-0.05, 0) is 31.1 Å². The summed E-state index contributed by atoms with van der Waals surface area (Å²) >= 11 is 0. The molecular formula is C20H32O5. The zero-order valence-electron chi connectivity index (χ0n) is 15.9. The average Bonchev–Trinajstić information content (AvgIpc) is 3.08. The van der Waals surface area contributed by atoms with Gasteiger partial charge in [-0.3, -0.25) is 4.79 Å². The molecule has 0 amide bonds. The molecule has 0 aromatic heterocycles. The molecule has 25 heavy (non-hydrogen) atoms. The lowest BCUT2D eigenvalue weighted by atomic mass is 9.43. The van der Waals surface area contributed by atoms with Crippen LogP contribution in [0.2, 0.25) is 0 Å². The topological polar surface area (TPSA) is 76.0 Å². The van der Waals surface area contributed by atoms with Gasteiger partial charge in [0.2, 0.25) is 0 Å². The van der Waals surface area contributed by atoms with Crippen molar-refractivity contribution in [1.82, 2.24) is 0 Å². The Morgan fingerprint density at radius 1 is 1.08 bits per heavy atom. The van der Waals surface area contributed by atoms with Crippen LogP contribution in [0.15, 0.2) is 0 Å². The van der Waals surface area contributed by atoms with Crippen molar-refractivity contribution in [2.75, 3.05) is 6.61 Å². The van der Waals surface area contributed by atoms with Crippen molar-refractivity contribution in [3.8, 4) is 0 Å². The first-order chi connectivity index (χ1) is 11.6. The third kappa shape index (κ3) is 2.19. The predicted molar refractivity (Wildman–Crippen MR) is 91.8 cm³/mol. The molecule has 2 saturated carbocycles. The van der Waals surface area contributed by atoms with E-state index in [1.165, 1.54) is 0 Å². The molecule has 4 rings (SSSR count). The van der Waals surface area contributed by atoms with Gasteiger partial charge < -0.3 is 19.7 Å². The van der Waals surface area contributed by atoms with E-state index in [0.29, 0.717) is 13.0 Å². The Labute approximate surface area is 150 Å². The number of carbonyl (C=O) groups is 1. The quantitative estimate of drug-likeness (QED) is 0.700. The van der Waals surface area contributed by atoms with Crippen molar-refractivity contribution in [2.24, 2.45) is 22.7 Å². The predicted octanol–water partition coefficient (Wildman–Crippen LogP) is 2.43. The van der Waals surface area contributed by atoms with E-state index in [4.69, 9.17) is 9.47 Å². The zero-order valence-corrected chi connectivity index (χ0v) is 15.9. The normalized spacial score (nSPS) is 55.0. The van der Waals surface area contributed by atoms with Crippen molar-refractivity contribution in [3.63, 3.8) is 0 Å². The Bertz CT molecular complexity index is 589. The summed E-state index contributed by atoms with van der Waals surface area (Å²) in [7, 11) is 0. The molecule has 4 aliphatic rings. The third-order valence-corrected chi connectivity index (χ3v) is 8.18. The second kappa shape index (κ2) is 5.28. The molecule has 2 N–H and O–H groups in total. The highest BCUT2D eigenvalue weighted by molar-refractivity contribution is 5.88. The molecule has 7 atom stereocenters. The number of rotatable bonds is 0. The van der Waals surface area contributed by atoms with Crippen LogP contribution in [0.1, 0.15) is 66.2 Å². The lowest BCUT2D eigenvalue weighted by molar-refractivity contribution is -0.257. The van der Waals surface area contributed by atoms with Crippen molar-refractivity contribution in [3.05, 3.63) is 0 Å². The largest absolute Gasteiger partial charge is 0.385 e. The molecule has 142 valence electrons. The smallest absolute Gasteiger partial charge is 0.167 e. The van der Waals surface area contributed by atoms with Crippen LogP contribution in [0.5, 0.6) is 0 Å². The number of fused-ring (bicyclic) bond motifs is 2. The minimum absolute atomic E-state index is 0.0750. The number of Topliss-reactive ketones (excluding diaryl/α,β-unsaturated/α-hetero) is 1. The van der Waals surface area contributed by atoms with E-state index in [-0.39, 0.29) is 28.4 Å². The summed E-state index contributed by atoms with van der Waals surface area (Å²) in [6.45, 7) is 8.92. The molecule has 2 saturated heterocycles.